The van der Waals surface area contributed by atoms with Crippen LogP contribution in [0.25, 0.3) is 0 Å². The predicted octanol–water partition coefficient (Wildman–Crippen LogP) is 4.63. The predicted molar refractivity (Wildman–Crippen MR) is 34.2 cm³/mol. The lowest BCUT2D eigenvalue weighted by atomic mass is 10.2. The molecular weight excluding hydrogens is 333 g/mol. The molecule has 20 heavy (non-hydrogen) atoms. The molecule has 0 radical (unpaired) electrons. The minimum atomic E-state index is -7.31. The Morgan fingerprint density at radius 1 is 0.650 bits per heavy atom. The van der Waals surface area contributed by atoms with Crippen LogP contribution in [0, 0.1) is 0 Å². The van der Waals surface area contributed by atoms with Crippen LogP contribution in [-0.2, 0) is 0 Å². The van der Waals surface area contributed by atoms with Crippen molar-refractivity contribution in [1.82, 2.24) is 5.12 Å². The largest absolute Gasteiger partial charge is 0.454 e. The number of allylic oxidation sites excluding steroid dienone is 1. The summed E-state index contributed by atoms with van der Waals surface area (Å²) in [6.45, 7) is 0. The molecule has 0 aromatic rings. The SMILES string of the molecule is FC(F)=C(N(F)C(F)(C(F)(F)F)C(F)(F)F)C(F)(F)F. The Hall–Kier alpha value is -1.37. The molecule has 0 saturated carbocycles. The Labute approximate surface area is 99.7 Å². The van der Waals surface area contributed by atoms with Gasteiger partial charge < -0.3 is 0 Å². The molecule has 0 N–H and O–H groups in total. The number of hydrogen-bond donors (Lipinski definition) is 0. The average Bonchev–Trinajstić information content (AvgIpc) is 2.09. The third-order valence-electron chi connectivity index (χ3n) is 1.67. The highest BCUT2D eigenvalue weighted by atomic mass is 19.4. The van der Waals surface area contributed by atoms with Crippen LogP contribution in [0.1, 0.15) is 0 Å². The van der Waals surface area contributed by atoms with Gasteiger partial charge in [0.2, 0.25) is 5.70 Å². The molecule has 120 valence electrons. The first-order valence-electron chi connectivity index (χ1n) is 3.88. The van der Waals surface area contributed by atoms with Gasteiger partial charge in [0, 0.05) is 0 Å². The van der Waals surface area contributed by atoms with Crippen LogP contribution in [0.4, 0.5) is 57.2 Å². The summed E-state index contributed by atoms with van der Waals surface area (Å²) in [7, 11) is 0. The molecule has 0 aromatic carbocycles. The summed E-state index contributed by atoms with van der Waals surface area (Å²) in [5.74, 6) is -7.30. The van der Waals surface area contributed by atoms with E-state index in [0.717, 1.165) is 0 Å². The van der Waals surface area contributed by atoms with Crippen LogP contribution in [0.3, 0.4) is 0 Å². The van der Waals surface area contributed by atoms with Crippen LogP contribution in [0.5, 0.6) is 0 Å². The first-order valence-corrected chi connectivity index (χ1v) is 3.88. The molecule has 1 nitrogen and oxygen atoms in total. The van der Waals surface area contributed by atoms with E-state index in [9.17, 15) is 57.2 Å². The Balaban J connectivity index is 6.21. The summed E-state index contributed by atoms with van der Waals surface area (Å²) >= 11 is 0. The number of alkyl halides is 10. The molecule has 0 unspecified atom stereocenters. The van der Waals surface area contributed by atoms with E-state index in [0.29, 0.717) is 0 Å². The lowest BCUT2D eigenvalue weighted by Crippen LogP contribution is -2.62. The van der Waals surface area contributed by atoms with Crippen molar-refractivity contribution < 1.29 is 57.2 Å². The highest BCUT2D eigenvalue weighted by Crippen LogP contribution is 2.52. The van der Waals surface area contributed by atoms with E-state index in [1.54, 1.807) is 0 Å². The Morgan fingerprint density at radius 3 is 1.10 bits per heavy atom. The van der Waals surface area contributed by atoms with Gasteiger partial charge in [0.15, 0.2) is 0 Å². The van der Waals surface area contributed by atoms with E-state index in [2.05, 4.69) is 0 Å². The smallest absolute Gasteiger partial charge is 0.196 e. The minimum absolute atomic E-state index is 3.73. The maximum Gasteiger partial charge on any atom is 0.454 e. The fraction of sp³-hybridized carbons (Fsp3) is 0.667. The van der Waals surface area contributed by atoms with E-state index < -0.39 is 41.2 Å². The fourth-order valence-corrected chi connectivity index (χ4v) is 0.830. The van der Waals surface area contributed by atoms with Gasteiger partial charge in [-0.05, 0) is 0 Å². The first kappa shape index (κ1) is 18.6. The van der Waals surface area contributed by atoms with Crippen LogP contribution in [-0.4, -0.2) is 29.4 Å². The quantitative estimate of drug-likeness (QED) is 0.404. The lowest BCUT2D eigenvalue weighted by Gasteiger charge is -2.35. The molecule has 0 saturated heterocycles. The van der Waals surface area contributed by atoms with E-state index >= 15 is 0 Å². The van der Waals surface area contributed by atoms with E-state index in [1.165, 1.54) is 0 Å². The number of hydrogen-bond acceptors (Lipinski definition) is 1. The average molecular weight is 333 g/mol. The number of nitrogens with zero attached hydrogens (tertiary/aromatic N) is 1. The van der Waals surface area contributed by atoms with Gasteiger partial charge in [0.1, 0.15) is 0 Å². The fourth-order valence-electron chi connectivity index (χ4n) is 0.830. The van der Waals surface area contributed by atoms with E-state index in [-0.39, 0.29) is 0 Å². The molecule has 0 amide bonds. The molecule has 0 rings (SSSR count). The van der Waals surface area contributed by atoms with Crippen molar-refractivity contribution >= 4 is 0 Å². The van der Waals surface area contributed by atoms with Gasteiger partial charge in [-0.25, -0.2) is 0 Å². The normalized spacial score (nSPS) is 14.2. The van der Waals surface area contributed by atoms with Gasteiger partial charge in [-0.1, -0.05) is 4.48 Å². The van der Waals surface area contributed by atoms with Crippen LogP contribution in [0.15, 0.2) is 11.8 Å². The topological polar surface area (TPSA) is 3.24 Å². The molecule has 0 fully saturated rings. The van der Waals surface area contributed by atoms with Crippen molar-refractivity contribution in [2.75, 3.05) is 0 Å². The molecule has 0 aliphatic heterocycles. The zero-order chi connectivity index (χ0) is 16.7. The molecule has 0 aliphatic rings. The summed E-state index contributed by atoms with van der Waals surface area (Å²) in [5.41, 5.74) is -4.35. The zero-order valence-corrected chi connectivity index (χ0v) is 8.36. The maximum atomic E-state index is 12.8. The highest BCUT2D eigenvalue weighted by Gasteiger charge is 2.79. The molecule has 0 spiro atoms. The van der Waals surface area contributed by atoms with Crippen molar-refractivity contribution in [2.45, 2.75) is 24.3 Å². The van der Waals surface area contributed by atoms with Crippen LogP contribution < -0.4 is 0 Å². The third kappa shape index (κ3) is 3.03. The second-order valence-corrected chi connectivity index (χ2v) is 3.01. The molecular formula is C6F13N. The van der Waals surface area contributed by atoms with E-state index in [4.69, 9.17) is 0 Å². The first-order chi connectivity index (χ1) is 8.48. The van der Waals surface area contributed by atoms with Gasteiger partial charge in [-0.15, -0.1) is 5.12 Å². The molecule has 0 atom stereocenters. The lowest BCUT2D eigenvalue weighted by molar-refractivity contribution is -0.415. The van der Waals surface area contributed by atoms with Crippen LogP contribution >= 0.6 is 0 Å². The third-order valence-corrected chi connectivity index (χ3v) is 1.67. The van der Waals surface area contributed by atoms with Crippen molar-refractivity contribution in [1.29, 1.82) is 0 Å². The summed E-state index contributed by atoms with van der Waals surface area (Å²) in [6.07, 6.45) is -25.7. The zero-order valence-electron chi connectivity index (χ0n) is 8.36. The second-order valence-electron chi connectivity index (χ2n) is 3.01. The molecule has 0 aliphatic carbocycles. The number of halogens is 13. The van der Waals surface area contributed by atoms with Crippen molar-refractivity contribution in [3.05, 3.63) is 11.8 Å². The Morgan fingerprint density at radius 2 is 0.950 bits per heavy atom. The Kier molecular flexibility index (Phi) is 4.54. The Bertz CT molecular complexity index is 365. The van der Waals surface area contributed by atoms with E-state index in [1.807, 2.05) is 0 Å². The second kappa shape index (κ2) is 4.87. The molecule has 0 heterocycles. The summed E-state index contributed by atoms with van der Waals surface area (Å²) in [6, 6.07) is 0. The standard InChI is InChI=1S/C6F13N/c7-2(8)1(3(9,10)11)20(19)4(12,5(13,14)15)6(16,17)18. The molecule has 14 heteroatoms. The summed E-state index contributed by atoms with van der Waals surface area (Å²) in [4.78, 5) is 0. The molecule has 0 aromatic heterocycles. The molecule has 0 bridgehead atoms. The van der Waals surface area contributed by atoms with Crippen LogP contribution in [0.2, 0.25) is 0 Å². The van der Waals surface area contributed by atoms with Crippen molar-refractivity contribution in [3.63, 3.8) is 0 Å². The van der Waals surface area contributed by atoms with Crippen molar-refractivity contribution in [3.8, 4) is 0 Å². The minimum Gasteiger partial charge on any atom is -0.196 e. The summed E-state index contributed by atoms with van der Waals surface area (Å²) in [5, 5.41) is -3.73. The summed E-state index contributed by atoms with van der Waals surface area (Å²) < 4.78 is 155. The van der Waals surface area contributed by atoms with Gasteiger partial charge in [0.05, 0.1) is 0 Å². The van der Waals surface area contributed by atoms with Gasteiger partial charge in [0.25, 0.3) is 0 Å². The van der Waals surface area contributed by atoms with Crippen molar-refractivity contribution in [2.24, 2.45) is 0 Å². The monoisotopic (exact) mass is 333 g/mol. The van der Waals surface area contributed by atoms with Gasteiger partial charge >= 0.3 is 30.4 Å². The maximum absolute atomic E-state index is 12.8. The number of rotatable bonds is 2. The van der Waals surface area contributed by atoms with Gasteiger partial charge in [-0.3, -0.25) is 0 Å². The highest BCUT2D eigenvalue weighted by molar-refractivity contribution is 5.12. The van der Waals surface area contributed by atoms with Gasteiger partial charge in [-0.2, -0.15) is 52.7 Å².